The van der Waals surface area contributed by atoms with Gasteiger partial charge in [-0.15, -0.1) is 11.3 Å². The summed E-state index contributed by atoms with van der Waals surface area (Å²) < 4.78 is 2.22. The average molecular weight is 262 g/mol. The van der Waals surface area contributed by atoms with Crippen LogP contribution in [0.1, 0.15) is 25.0 Å². The first-order chi connectivity index (χ1) is 8.86. The van der Waals surface area contributed by atoms with Crippen LogP contribution >= 0.6 is 11.3 Å². The molecule has 2 unspecified atom stereocenters. The summed E-state index contributed by atoms with van der Waals surface area (Å²) in [5.41, 5.74) is 7.07. The van der Waals surface area contributed by atoms with Crippen LogP contribution in [0.4, 0.5) is 5.82 Å². The largest absolute Gasteiger partial charge is 0.352 e. The van der Waals surface area contributed by atoms with Crippen LogP contribution in [0.25, 0.3) is 4.96 Å². The van der Waals surface area contributed by atoms with Crippen molar-refractivity contribution in [3.8, 4) is 0 Å². The van der Waals surface area contributed by atoms with E-state index < -0.39 is 0 Å². The van der Waals surface area contributed by atoms with Crippen molar-refractivity contribution in [2.45, 2.75) is 31.7 Å². The van der Waals surface area contributed by atoms with Crippen molar-refractivity contribution in [3.63, 3.8) is 0 Å². The molecular weight excluding hydrogens is 244 g/mol. The SMILES string of the molecule is NCCc1c(N2CC3CCC2C3)nc2sccn12. The number of hydrogen-bond acceptors (Lipinski definition) is 4. The maximum absolute atomic E-state index is 5.77. The van der Waals surface area contributed by atoms with Gasteiger partial charge < -0.3 is 10.6 Å². The van der Waals surface area contributed by atoms with Gasteiger partial charge in [-0.1, -0.05) is 0 Å². The van der Waals surface area contributed by atoms with Crippen molar-refractivity contribution in [1.82, 2.24) is 9.38 Å². The van der Waals surface area contributed by atoms with E-state index in [1.54, 1.807) is 11.3 Å². The maximum Gasteiger partial charge on any atom is 0.195 e. The maximum atomic E-state index is 5.77. The van der Waals surface area contributed by atoms with E-state index >= 15 is 0 Å². The number of nitrogens with zero attached hydrogens (tertiary/aromatic N) is 3. The predicted octanol–water partition coefficient (Wildman–Crippen LogP) is 1.89. The second-order valence-electron chi connectivity index (χ2n) is 5.46. The summed E-state index contributed by atoms with van der Waals surface area (Å²) >= 11 is 1.71. The second-order valence-corrected chi connectivity index (χ2v) is 6.33. The van der Waals surface area contributed by atoms with Crippen molar-refractivity contribution in [3.05, 3.63) is 17.3 Å². The first-order valence-electron chi connectivity index (χ1n) is 6.78. The highest BCUT2D eigenvalue weighted by molar-refractivity contribution is 7.15. The summed E-state index contributed by atoms with van der Waals surface area (Å²) in [4.78, 5) is 8.49. The van der Waals surface area contributed by atoms with Crippen molar-refractivity contribution < 1.29 is 0 Å². The number of rotatable bonds is 3. The molecule has 0 aromatic carbocycles. The van der Waals surface area contributed by atoms with E-state index in [9.17, 15) is 0 Å². The first kappa shape index (κ1) is 10.8. The molecule has 2 aromatic rings. The molecule has 3 heterocycles. The zero-order valence-electron chi connectivity index (χ0n) is 10.4. The van der Waals surface area contributed by atoms with Crippen molar-refractivity contribution in [1.29, 1.82) is 0 Å². The zero-order chi connectivity index (χ0) is 12.1. The lowest BCUT2D eigenvalue weighted by atomic mass is 10.1. The normalized spacial score (nSPS) is 26.6. The van der Waals surface area contributed by atoms with Crippen LogP contribution in [0, 0.1) is 5.92 Å². The number of anilines is 1. The third-order valence-corrected chi connectivity index (χ3v) is 5.16. The topological polar surface area (TPSA) is 46.6 Å². The first-order valence-corrected chi connectivity index (χ1v) is 7.66. The molecular formula is C13H18N4S. The average Bonchev–Trinajstić information content (AvgIpc) is 3.08. The minimum atomic E-state index is 0.693. The van der Waals surface area contributed by atoms with Crippen LogP contribution in [0.2, 0.25) is 0 Å². The standard InChI is InChI=1S/C13H18N4S/c14-4-3-11-12(15-13-16(11)5-6-18-13)17-8-9-1-2-10(17)7-9/h5-6,9-10H,1-4,7-8,14H2. The molecule has 0 amide bonds. The van der Waals surface area contributed by atoms with Gasteiger partial charge in [0.1, 0.15) is 0 Å². The lowest BCUT2D eigenvalue weighted by Gasteiger charge is -2.28. The third kappa shape index (κ3) is 1.44. The Labute approximate surface area is 110 Å². The number of hydrogen-bond donors (Lipinski definition) is 1. The van der Waals surface area contributed by atoms with Crippen molar-refractivity contribution in [2.24, 2.45) is 11.7 Å². The van der Waals surface area contributed by atoms with Gasteiger partial charge in [-0.25, -0.2) is 4.98 Å². The van der Waals surface area contributed by atoms with Crippen LogP contribution in [-0.4, -0.2) is 28.5 Å². The molecule has 0 spiro atoms. The molecule has 5 heteroatoms. The lowest BCUT2D eigenvalue weighted by molar-refractivity contribution is 0.549. The van der Waals surface area contributed by atoms with E-state index in [0.29, 0.717) is 6.54 Å². The smallest absolute Gasteiger partial charge is 0.195 e. The van der Waals surface area contributed by atoms with Crippen LogP contribution in [0.5, 0.6) is 0 Å². The summed E-state index contributed by atoms with van der Waals surface area (Å²) in [6.07, 6.45) is 7.16. The van der Waals surface area contributed by atoms with E-state index in [1.165, 1.54) is 37.3 Å². The van der Waals surface area contributed by atoms with Crippen LogP contribution < -0.4 is 10.6 Å². The Bertz CT molecular complexity index is 573. The Morgan fingerprint density at radius 2 is 2.39 bits per heavy atom. The van der Waals surface area contributed by atoms with Gasteiger partial charge >= 0.3 is 0 Å². The summed E-state index contributed by atoms with van der Waals surface area (Å²) in [5.74, 6) is 2.11. The van der Waals surface area contributed by atoms with Gasteiger partial charge in [0, 0.05) is 30.6 Å². The summed E-state index contributed by atoms with van der Waals surface area (Å²) in [6.45, 7) is 1.89. The van der Waals surface area contributed by atoms with Gasteiger partial charge in [-0.2, -0.15) is 0 Å². The number of aromatic nitrogens is 2. The van der Waals surface area contributed by atoms with E-state index in [0.717, 1.165) is 23.3 Å². The molecule has 1 aliphatic heterocycles. The van der Waals surface area contributed by atoms with Gasteiger partial charge in [-0.05, 0) is 31.7 Å². The highest BCUT2D eigenvalue weighted by Gasteiger charge is 2.39. The van der Waals surface area contributed by atoms with E-state index in [2.05, 4.69) is 20.9 Å². The zero-order valence-corrected chi connectivity index (χ0v) is 11.2. The van der Waals surface area contributed by atoms with Gasteiger partial charge in [0.25, 0.3) is 0 Å². The van der Waals surface area contributed by atoms with Crippen LogP contribution in [0.3, 0.4) is 0 Å². The van der Waals surface area contributed by atoms with E-state index in [4.69, 9.17) is 10.7 Å². The van der Waals surface area contributed by atoms with Gasteiger partial charge in [0.15, 0.2) is 10.8 Å². The van der Waals surface area contributed by atoms with Gasteiger partial charge in [0.2, 0.25) is 0 Å². The molecule has 2 atom stereocenters. The third-order valence-electron chi connectivity index (χ3n) is 4.40. The fraction of sp³-hybridized carbons (Fsp3) is 0.615. The number of nitrogens with two attached hydrogens (primary N) is 1. The number of fused-ring (bicyclic) bond motifs is 3. The van der Waals surface area contributed by atoms with E-state index in [1.807, 2.05) is 0 Å². The molecule has 18 heavy (non-hydrogen) atoms. The molecule has 2 N–H and O–H groups in total. The molecule has 4 nitrogen and oxygen atoms in total. The number of thiazole rings is 1. The lowest BCUT2D eigenvalue weighted by Crippen LogP contribution is -2.33. The molecule has 2 fully saturated rings. The molecule has 0 radical (unpaired) electrons. The Balaban J connectivity index is 1.79. The Morgan fingerprint density at radius 1 is 1.44 bits per heavy atom. The Kier molecular flexibility index (Phi) is 2.38. The molecule has 1 saturated carbocycles. The molecule has 1 saturated heterocycles. The highest BCUT2D eigenvalue weighted by Crippen LogP contribution is 2.41. The van der Waals surface area contributed by atoms with Gasteiger partial charge in [-0.3, -0.25) is 4.40 Å². The molecule has 4 rings (SSSR count). The van der Waals surface area contributed by atoms with Gasteiger partial charge in [0.05, 0.1) is 5.69 Å². The van der Waals surface area contributed by atoms with Crippen LogP contribution in [-0.2, 0) is 6.42 Å². The molecule has 96 valence electrons. The summed E-state index contributed by atoms with van der Waals surface area (Å²) in [5, 5.41) is 2.10. The molecule has 2 bridgehead atoms. The van der Waals surface area contributed by atoms with E-state index in [-0.39, 0.29) is 0 Å². The fourth-order valence-electron chi connectivity index (χ4n) is 3.60. The van der Waals surface area contributed by atoms with Crippen LogP contribution in [0.15, 0.2) is 11.6 Å². The highest BCUT2D eigenvalue weighted by atomic mass is 32.1. The minimum Gasteiger partial charge on any atom is -0.352 e. The summed E-state index contributed by atoms with van der Waals surface area (Å²) in [6, 6.07) is 0.733. The Hall–Kier alpha value is -1.07. The fourth-order valence-corrected chi connectivity index (χ4v) is 4.33. The minimum absolute atomic E-state index is 0.693. The number of imidazole rings is 1. The summed E-state index contributed by atoms with van der Waals surface area (Å²) in [7, 11) is 0. The molecule has 2 aliphatic rings. The Morgan fingerprint density at radius 3 is 3.11 bits per heavy atom. The molecule has 1 aliphatic carbocycles. The van der Waals surface area contributed by atoms with Crippen molar-refractivity contribution in [2.75, 3.05) is 18.0 Å². The quantitative estimate of drug-likeness (QED) is 0.919. The second kappa shape index (κ2) is 3.96. The number of piperidine rings is 1. The van der Waals surface area contributed by atoms with Crippen molar-refractivity contribution >= 4 is 22.1 Å². The monoisotopic (exact) mass is 262 g/mol. The molecule has 2 aromatic heterocycles. The predicted molar refractivity (Wildman–Crippen MR) is 74.3 cm³/mol.